The Hall–Kier alpha value is -1.22. The van der Waals surface area contributed by atoms with Crippen molar-refractivity contribution >= 4 is 5.69 Å². The van der Waals surface area contributed by atoms with Crippen molar-refractivity contribution in [2.45, 2.75) is 32.2 Å². The van der Waals surface area contributed by atoms with Gasteiger partial charge in [0.1, 0.15) is 5.75 Å². The smallest absolute Gasteiger partial charge is 0.118 e. The van der Waals surface area contributed by atoms with E-state index in [-0.39, 0.29) is 6.04 Å². The van der Waals surface area contributed by atoms with E-state index < -0.39 is 0 Å². The van der Waals surface area contributed by atoms with Crippen LogP contribution in [0.2, 0.25) is 0 Å². The van der Waals surface area contributed by atoms with Gasteiger partial charge in [-0.3, -0.25) is 0 Å². The van der Waals surface area contributed by atoms with Crippen molar-refractivity contribution in [3.63, 3.8) is 0 Å². The average molecular weight is 220 g/mol. The molecule has 2 rings (SSSR count). The van der Waals surface area contributed by atoms with E-state index in [0.29, 0.717) is 5.75 Å². The highest BCUT2D eigenvalue weighted by molar-refractivity contribution is 5.53. The molecule has 0 amide bonds. The predicted molar refractivity (Wildman–Crippen MR) is 66.9 cm³/mol. The molecule has 0 bridgehead atoms. The number of hydrogen-bond acceptors (Lipinski definition) is 3. The fraction of sp³-hybridized carbons (Fsp3) is 0.538. The molecule has 0 aromatic heterocycles. The first-order valence-corrected chi connectivity index (χ1v) is 5.99. The van der Waals surface area contributed by atoms with E-state index in [2.05, 4.69) is 11.0 Å². The number of benzene rings is 1. The van der Waals surface area contributed by atoms with Crippen LogP contribution in [0.1, 0.15) is 25.3 Å². The Morgan fingerprint density at radius 3 is 2.69 bits per heavy atom. The molecule has 0 aliphatic carbocycles. The van der Waals surface area contributed by atoms with Crippen LogP contribution in [0, 0.1) is 0 Å². The van der Waals surface area contributed by atoms with Crippen LogP contribution in [0.25, 0.3) is 0 Å². The minimum atomic E-state index is 0.0831. The fourth-order valence-corrected chi connectivity index (χ4v) is 2.25. The molecule has 3 heteroatoms. The van der Waals surface area contributed by atoms with Crippen LogP contribution in [-0.2, 0) is 6.42 Å². The quantitative estimate of drug-likeness (QED) is 0.817. The van der Waals surface area contributed by atoms with Crippen LogP contribution in [0.4, 0.5) is 5.69 Å². The standard InChI is InChI=1S/C13H20N2O/c1-10(14)8-11-9-12(4-5-13(11)16)15-6-2-3-7-15/h4-5,9-10,16H,2-3,6-8,14H2,1H3. The highest BCUT2D eigenvalue weighted by Crippen LogP contribution is 2.27. The predicted octanol–water partition coefficient (Wildman–Crippen LogP) is 1.88. The summed E-state index contributed by atoms with van der Waals surface area (Å²) in [5.74, 6) is 0.361. The monoisotopic (exact) mass is 220 g/mol. The van der Waals surface area contributed by atoms with Crippen LogP contribution < -0.4 is 10.6 Å². The van der Waals surface area contributed by atoms with Gasteiger partial charge in [-0.2, -0.15) is 0 Å². The molecular formula is C13H20N2O. The van der Waals surface area contributed by atoms with Gasteiger partial charge in [0.25, 0.3) is 0 Å². The Morgan fingerprint density at radius 1 is 1.38 bits per heavy atom. The van der Waals surface area contributed by atoms with Gasteiger partial charge in [0.15, 0.2) is 0 Å². The Labute approximate surface area is 96.9 Å². The van der Waals surface area contributed by atoms with Crippen LogP contribution >= 0.6 is 0 Å². The molecular weight excluding hydrogens is 200 g/mol. The van der Waals surface area contributed by atoms with E-state index >= 15 is 0 Å². The molecule has 0 radical (unpaired) electrons. The molecule has 1 unspecified atom stereocenters. The lowest BCUT2D eigenvalue weighted by molar-refractivity contribution is 0.465. The second-order valence-electron chi connectivity index (χ2n) is 4.69. The van der Waals surface area contributed by atoms with Gasteiger partial charge in [0.2, 0.25) is 0 Å². The highest BCUT2D eigenvalue weighted by Gasteiger charge is 2.14. The van der Waals surface area contributed by atoms with Crippen LogP contribution in [0.15, 0.2) is 18.2 Å². The van der Waals surface area contributed by atoms with E-state index in [1.165, 1.54) is 18.5 Å². The summed E-state index contributed by atoms with van der Waals surface area (Å²) in [7, 11) is 0. The number of nitrogens with two attached hydrogens (primary N) is 1. The second kappa shape index (κ2) is 4.74. The molecule has 1 aliphatic rings. The first-order valence-electron chi connectivity index (χ1n) is 5.99. The topological polar surface area (TPSA) is 49.5 Å². The molecule has 3 nitrogen and oxygen atoms in total. The molecule has 1 fully saturated rings. The molecule has 0 saturated carbocycles. The third kappa shape index (κ3) is 2.47. The molecule has 1 aromatic rings. The fourth-order valence-electron chi connectivity index (χ4n) is 2.25. The summed E-state index contributed by atoms with van der Waals surface area (Å²) in [6, 6.07) is 5.93. The first kappa shape index (κ1) is 11.3. The van der Waals surface area contributed by atoms with Gasteiger partial charge in [0.05, 0.1) is 0 Å². The molecule has 1 aliphatic heterocycles. The van der Waals surface area contributed by atoms with Gasteiger partial charge in [-0.15, -0.1) is 0 Å². The Kier molecular flexibility index (Phi) is 3.34. The van der Waals surface area contributed by atoms with Crippen molar-refractivity contribution < 1.29 is 5.11 Å². The first-order chi connectivity index (χ1) is 7.66. The number of anilines is 1. The van der Waals surface area contributed by atoms with Crippen molar-refractivity contribution in [3.8, 4) is 5.75 Å². The number of phenolic OH excluding ortho intramolecular Hbond substituents is 1. The minimum absolute atomic E-state index is 0.0831. The van der Waals surface area contributed by atoms with Crippen molar-refractivity contribution in [3.05, 3.63) is 23.8 Å². The van der Waals surface area contributed by atoms with Gasteiger partial charge < -0.3 is 15.7 Å². The van der Waals surface area contributed by atoms with Crippen molar-refractivity contribution in [1.82, 2.24) is 0 Å². The molecule has 1 saturated heterocycles. The molecule has 0 spiro atoms. The number of aromatic hydroxyl groups is 1. The normalized spacial score (nSPS) is 17.8. The maximum Gasteiger partial charge on any atom is 0.118 e. The van der Waals surface area contributed by atoms with Crippen molar-refractivity contribution in [2.24, 2.45) is 5.73 Å². The second-order valence-corrected chi connectivity index (χ2v) is 4.69. The SMILES string of the molecule is CC(N)Cc1cc(N2CCCC2)ccc1O. The maximum absolute atomic E-state index is 9.75. The molecule has 88 valence electrons. The molecule has 3 N–H and O–H groups in total. The van der Waals surface area contributed by atoms with Crippen molar-refractivity contribution in [2.75, 3.05) is 18.0 Å². The summed E-state index contributed by atoms with van der Waals surface area (Å²) in [6.07, 6.45) is 3.26. The van der Waals surface area contributed by atoms with Gasteiger partial charge in [0, 0.05) is 24.8 Å². The van der Waals surface area contributed by atoms with Crippen LogP contribution in [-0.4, -0.2) is 24.2 Å². The summed E-state index contributed by atoms with van der Waals surface area (Å²) in [5.41, 5.74) is 7.94. The van der Waals surface area contributed by atoms with E-state index in [1.807, 2.05) is 13.0 Å². The summed E-state index contributed by atoms with van der Waals surface area (Å²) < 4.78 is 0. The lowest BCUT2D eigenvalue weighted by atomic mass is 10.1. The zero-order chi connectivity index (χ0) is 11.5. The number of rotatable bonds is 3. The van der Waals surface area contributed by atoms with E-state index in [4.69, 9.17) is 5.73 Å². The minimum Gasteiger partial charge on any atom is -0.508 e. The third-order valence-electron chi connectivity index (χ3n) is 3.08. The number of nitrogens with zero attached hydrogens (tertiary/aromatic N) is 1. The van der Waals surface area contributed by atoms with Gasteiger partial charge in [-0.1, -0.05) is 0 Å². The average Bonchev–Trinajstić information content (AvgIpc) is 2.73. The molecule has 1 aromatic carbocycles. The van der Waals surface area contributed by atoms with Gasteiger partial charge >= 0.3 is 0 Å². The number of phenols is 1. The number of hydrogen-bond donors (Lipinski definition) is 2. The van der Waals surface area contributed by atoms with Crippen LogP contribution in [0.3, 0.4) is 0 Å². The summed E-state index contributed by atoms with van der Waals surface area (Å²) in [4.78, 5) is 2.37. The summed E-state index contributed by atoms with van der Waals surface area (Å²) >= 11 is 0. The van der Waals surface area contributed by atoms with Crippen molar-refractivity contribution in [1.29, 1.82) is 0 Å². The Balaban J connectivity index is 2.20. The Morgan fingerprint density at radius 2 is 2.06 bits per heavy atom. The zero-order valence-corrected chi connectivity index (χ0v) is 9.82. The maximum atomic E-state index is 9.75. The lowest BCUT2D eigenvalue weighted by Crippen LogP contribution is -2.20. The van der Waals surface area contributed by atoms with Gasteiger partial charge in [-0.25, -0.2) is 0 Å². The lowest BCUT2D eigenvalue weighted by Gasteiger charge is -2.19. The van der Waals surface area contributed by atoms with E-state index in [0.717, 1.165) is 25.1 Å². The Bertz CT molecular complexity index is 357. The molecule has 1 heterocycles. The highest BCUT2D eigenvalue weighted by atomic mass is 16.3. The third-order valence-corrected chi connectivity index (χ3v) is 3.08. The van der Waals surface area contributed by atoms with E-state index in [9.17, 15) is 5.11 Å². The largest absolute Gasteiger partial charge is 0.508 e. The molecule has 1 atom stereocenters. The van der Waals surface area contributed by atoms with E-state index in [1.54, 1.807) is 6.07 Å². The summed E-state index contributed by atoms with van der Waals surface area (Å²) in [6.45, 7) is 4.22. The zero-order valence-electron chi connectivity index (χ0n) is 9.82. The molecule has 16 heavy (non-hydrogen) atoms. The summed E-state index contributed by atoms with van der Waals surface area (Å²) in [5, 5.41) is 9.75. The van der Waals surface area contributed by atoms with Gasteiger partial charge in [-0.05, 0) is 49.9 Å². The van der Waals surface area contributed by atoms with Crippen LogP contribution in [0.5, 0.6) is 5.75 Å².